The Morgan fingerprint density at radius 2 is 2.00 bits per heavy atom. The molecule has 2 heterocycles. The van der Waals surface area contributed by atoms with E-state index in [1.807, 2.05) is 6.92 Å². The molecule has 2 fully saturated rings. The summed E-state index contributed by atoms with van der Waals surface area (Å²) < 4.78 is 40.1. The number of halogens is 3. The number of hydrogen-bond acceptors (Lipinski definition) is 5. The largest absolute Gasteiger partial charge is 0.405 e. The first-order chi connectivity index (χ1) is 11.8. The molecule has 0 saturated carbocycles. The lowest BCUT2D eigenvalue weighted by atomic mass is 10.2. The molecule has 2 aliphatic heterocycles. The zero-order valence-electron chi connectivity index (χ0n) is 14.3. The molecule has 0 aromatic carbocycles. The second-order valence-electron chi connectivity index (χ2n) is 6.22. The van der Waals surface area contributed by atoms with Crippen molar-refractivity contribution in [2.75, 3.05) is 44.4 Å². The number of rotatable bonds is 6. The number of nitrogens with one attached hydrogen (secondary N) is 2. The van der Waals surface area contributed by atoms with E-state index >= 15 is 0 Å². The second kappa shape index (κ2) is 9.09. The predicted octanol–water partition coefficient (Wildman–Crippen LogP) is 0.640. The zero-order valence-corrected chi connectivity index (χ0v) is 15.1. The number of alkyl halides is 3. The van der Waals surface area contributed by atoms with Gasteiger partial charge in [0.1, 0.15) is 12.1 Å². The molecule has 2 unspecified atom stereocenters. The minimum Gasteiger partial charge on any atom is -0.352 e. The zero-order chi connectivity index (χ0) is 18.4. The monoisotopic (exact) mass is 382 g/mol. The molecule has 0 bridgehead atoms. The molecule has 2 saturated heterocycles. The molecule has 0 aromatic rings. The Kier molecular flexibility index (Phi) is 7.38. The number of thioether (sulfide) groups is 1. The maximum atomic E-state index is 13.4. The molecule has 2 aliphatic rings. The number of piperazine rings is 1. The van der Waals surface area contributed by atoms with Gasteiger partial charge < -0.3 is 15.5 Å². The van der Waals surface area contributed by atoms with Crippen LogP contribution >= 0.6 is 11.8 Å². The van der Waals surface area contributed by atoms with E-state index < -0.39 is 30.7 Å². The number of carbonyl (C=O) groups excluding carboxylic acids is 2. The van der Waals surface area contributed by atoms with E-state index in [9.17, 15) is 22.8 Å². The minimum atomic E-state index is -4.41. The SMILES string of the molecule is CCCC(=O)N1CSCC1C(=O)NCC(N1CCNCC1)C(F)(F)F. The summed E-state index contributed by atoms with van der Waals surface area (Å²) in [6, 6.07) is -2.38. The Morgan fingerprint density at radius 3 is 2.60 bits per heavy atom. The summed E-state index contributed by atoms with van der Waals surface area (Å²) in [5, 5.41) is 5.44. The Balaban J connectivity index is 1.94. The van der Waals surface area contributed by atoms with Gasteiger partial charge in [-0.05, 0) is 6.42 Å². The second-order valence-corrected chi connectivity index (χ2v) is 7.22. The van der Waals surface area contributed by atoms with Gasteiger partial charge in [-0.3, -0.25) is 14.5 Å². The van der Waals surface area contributed by atoms with Crippen LogP contribution in [0.1, 0.15) is 19.8 Å². The summed E-state index contributed by atoms with van der Waals surface area (Å²) in [6.45, 7) is 2.97. The minimum absolute atomic E-state index is 0.123. The van der Waals surface area contributed by atoms with Crippen LogP contribution in [0.2, 0.25) is 0 Å². The van der Waals surface area contributed by atoms with Gasteiger partial charge in [0.15, 0.2) is 0 Å². The maximum absolute atomic E-state index is 13.4. The smallest absolute Gasteiger partial charge is 0.352 e. The molecule has 0 aromatic heterocycles. The van der Waals surface area contributed by atoms with Crippen molar-refractivity contribution in [3.63, 3.8) is 0 Å². The van der Waals surface area contributed by atoms with E-state index in [0.717, 1.165) is 0 Å². The summed E-state index contributed by atoms with van der Waals surface area (Å²) in [4.78, 5) is 27.2. The molecule has 144 valence electrons. The third-order valence-electron chi connectivity index (χ3n) is 4.41. The highest BCUT2D eigenvalue weighted by molar-refractivity contribution is 7.99. The van der Waals surface area contributed by atoms with E-state index in [2.05, 4.69) is 10.6 Å². The van der Waals surface area contributed by atoms with Gasteiger partial charge in [-0.2, -0.15) is 13.2 Å². The quantitative estimate of drug-likeness (QED) is 0.706. The summed E-state index contributed by atoms with van der Waals surface area (Å²) >= 11 is 1.44. The van der Waals surface area contributed by atoms with Crippen LogP contribution in [-0.4, -0.2) is 84.2 Å². The molecule has 0 radical (unpaired) electrons. The summed E-state index contributed by atoms with van der Waals surface area (Å²) in [6.07, 6.45) is -3.39. The van der Waals surface area contributed by atoms with Crippen molar-refractivity contribution in [3.05, 3.63) is 0 Å². The topological polar surface area (TPSA) is 64.7 Å². The van der Waals surface area contributed by atoms with Crippen LogP contribution in [0.15, 0.2) is 0 Å². The number of nitrogens with zero attached hydrogens (tertiary/aromatic N) is 2. The summed E-state index contributed by atoms with van der Waals surface area (Å²) in [7, 11) is 0. The number of amides is 2. The Labute approximate surface area is 149 Å². The molecule has 2 N–H and O–H groups in total. The lowest BCUT2D eigenvalue weighted by molar-refractivity contribution is -0.184. The van der Waals surface area contributed by atoms with Gasteiger partial charge in [-0.15, -0.1) is 11.8 Å². The van der Waals surface area contributed by atoms with Crippen LogP contribution in [0.25, 0.3) is 0 Å². The van der Waals surface area contributed by atoms with Crippen molar-refractivity contribution in [1.29, 1.82) is 0 Å². The lowest BCUT2D eigenvalue weighted by Gasteiger charge is -2.36. The standard InChI is InChI=1S/C15H25F3N4O2S/c1-2-3-13(23)22-10-25-9-11(22)14(24)20-8-12(15(16,17)18)21-6-4-19-5-7-21/h11-12,19H,2-10H2,1H3,(H,20,24). The van der Waals surface area contributed by atoms with Crippen LogP contribution < -0.4 is 10.6 Å². The van der Waals surface area contributed by atoms with E-state index in [-0.39, 0.29) is 5.91 Å². The third kappa shape index (κ3) is 5.49. The predicted molar refractivity (Wildman–Crippen MR) is 90.2 cm³/mol. The molecule has 6 nitrogen and oxygen atoms in total. The molecule has 2 amide bonds. The fourth-order valence-corrected chi connectivity index (χ4v) is 4.20. The molecule has 0 aliphatic carbocycles. The molecule has 0 spiro atoms. The van der Waals surface area contributed by atoms with Crippen LogP contribution in [0.3, 0.4) is 0 Å². The Bertz CT molecular complexity index is 472. The van der Waals surface area contributed by atoms with Gasteiger partial charge >= 0.3 is 6.18 Å². The average molecular weight is 382 g/mol. The molecule has 10 heteroatoms. The maximum Gasteiger partial charge on any atom is 0.405 e. The van der Waals surface area contributed by atoms with Crippen molar-refractivity contribution in [2.45, 2.75) is 38.0 Å². The first kappa shape index (κ1) is 20.3. The van der Waals surface area contributed by atoms with Gasteiger partial charge in [0.25, 0.3) is 0 Å². The van der Waals surface area contributed by atoms with Gasteiger partial charge in [0, 0.05) is 44.9 Å². The van der Waals surface area contributed by atoms with Crippen molar-refractivity contribution >= 4 is 23.6 Å². The van der Waals surface area contributed by atoms with Gasteiger partial charge in [-0.25, -0.2) is 0 Å². The first-order valence-electron chi connectivity index (χ1n) is 8.51. The molecular weight excluding hydrogens is 357 g/mol. The number of carbonyl (C=O) groups is 2. The van der Waals surface area contributed by atoms with Gasteiger partial charge in [0.2, 0.25) is 11.8 Å². The normalized spacial score (nSPS) is 23.5. The van der Waals surface area contributed by atoms with Gasteiger partial charge in [0.05, 0.1) is 5.88 Å². The van der Waals surface area contributed by atoms with E-state index in [1.54, 1.807) is 0 Å². The Hall–Kier alpha value is -1.00. The molecule has 25 heavy (non-hydrogen) atoms. The van der Waals surface area contributed by atoms with E-state index in [1.165, 1.54) is 21.6 Å². The van der Waals surface area contributed by atoms with Crippen molar-refractivity contribution in [3.8, 4) is 0 Å². The first-order valence-corrected chi connectivity index (χ1v) is 9.66. The highest BCUT2D eigenvalue weighted by Gasteiger charge is 2.44. The van der Waals surface area contributed by atoms with Crippen LogP contribution in [0, 0.1) is 0 Å². The van der Waals surface area contributed by atoms with E-state index in [4.69, 9.17) is 0 Å². The van der Waals surface area contributed by atoms with Crippen LogP contribution in [-0.2, 0) is 9.59 Å². The highest BCUT2D eigenvalue weighted by atomic mass is 32.2. The van der Waals surface area contributed by atoms with Crippen molar-refractivity contribution in [1.82, 2.24) is 20.4 Å². The average Bonchev–Trinajstić information content (AvgIpc) is 3.04. The molecule has 2 rings (SSSR count). The van der Waals surface area contributed by atoms with Crippen molar-refractivity contribution < 1.29 is 22.8 Å². The molecular formula is C15H25F3N4O2S. The summed E-state index contributed by atoms with van der Waals surface area (Å²) in [5.41, 5.74) is 0. The Morgan fingerprint density at radius 1 is 1.32 bits per heavy atom. The lowest BCUT2D eigenvalue weighted by Crippen LogP contribution is -2.58. The molecule has 2 atom stereocenters. The third-order valence-corrected chi connectivity index (χ3v) is 5.42. The highest BCUT2D eigenvalue weighted by Crippen LogP contribution is 2.26. The van der Waals surface area contributed by atoms with Crippen molar-refractivity contribution in [2.24, 2.45) is 0 Å². The number of hydrogen-bond donors (Lipinski definition) is 2. The summed E-state index contributed by atoms with van der Waals surface area (Å²) in [5.74, 6) is 0.212. The van der Waals surface area contributed by atoms with Gasteiger partial charge in [-0.1, -0.05) is 6.92 Å². The fraction of sp³-hybridized carbons (Fsp3) is 0.867. The fourth-order valence-electron chi connectivity index (χ4n) is 3.02. The van der Waals surface area contributed by atoms with E-state index in [0.29, 0.717) is 50.7 Å². The van der Waals surface area contributed by atoms with Crippen LogP contribution in [0.5, 0.6) is 0 Å². The van der Waals surface area contributed by atoms with Crippen LogP contribution in [0.4, 0.5) is 13.2 Å².